The minimum Gasteiger partial charge on any atom is -0.465 e. The van der Waals surface area contributed by atoms with Gasteiger partial charge in [0.05, 0.1) is 13.2 Å². The van der Waals surface area contributed by atoms with Crippen LogP contribution in [0.25, 0.3) is 0 Å². The second kappa shape index (κ2) is 10.0. The van der Waals surface area contributed by atoms with Crippen LogP contribution in [-0.2, 0) is 23.8 Å². The molecule has 0 aliphatic carbocycles. The standard InChI is InChI=1S/C12H22N2O6/c1-5-19-11(16)9-13(2)10(15)8-14(3)12(17)20-7-6-18-4/h5-9H2,1-4H3. The molecule has 20 heavy (non-hydrogen) atoms. The highest BCUT2D eigenvalue weighted by atomic mass is 16.6. The van der Waals surface area contributed by atoms with E-state index in [0.717, 1.165) is 4.90 Å². The molecule has 0 bridgehead atoms. The number of ether oxygens (including phenoxy) is 3. The highest BCUT2D eigenvalue weighted by molar-refractivity contribution is 5.85. The number of nitrogens with zero attached hydrogens (tertiary/aromatic N) is 2. The van der Waals surface area contributed by atoms with E-state index in [-0.39, 0.29) is 38.8 Å². The lowest BCUT2D eigenvalue weighted by Crippen LogP contribution is -2.41. The predicted molar refractivity (Wildman–Crippen MR) is 70.1 cm³/mol. The van der Waals surface area contributed by atoms with Crippen LogP contribution in [0.1, 0.15) is 6.92 Å². The van der Waals surface area contributed by atoms with Crippen LogP contribution in [0.5, 0.6) is 0 Å². The Morgan fingerprint density at radius 2 is 1.60 bits per heavy atom. The van der Waals surface area contributed by atoms with Gasteiger partial charge in [0, 0.05) is 21.2 Å². The molecule has 0 aliphatic heterocycles. The van der Waals surface area contributed by atoms with Crippen molar-refractivity contribution in [2.24, 2.45) is 0 Å². The van der Waals surface area contributed by atoms with Gasteiger partial charge < -0.3 is 24.0 Å². The number of rotatable bonds is 8. The molecule has 0 radical (unpaired) electrons. The summed E-state index contributed by atoms with van der Waals surface area (Å²) in [5.74, 6) is -0.877. The van der Waals surface area contributed by atoms with Crippen LogP contribution in [0, 0.1) is 0 Å². The van der Waals surface area contributed by atoms with Crippen LogP contribution < -0.4 is 0 Å². The van der Waals surface area contributed by atoms with Crippen LogP contribution in [0.15, 0.2) is 0 Å². The van der Waals surface area contributed by atoms with Gasteiger partial charge >= 0.3 is 12.1 Å². The van der Waals surface area contributed by atoms with Crippen molar-refractivity contribution in [3.63, 3.8) is 0 Å². The molecule has 0 atom stereocenters. The first-order valence-corrected chi connectivity index (χ1v) is 6.18. The monoisotopic (exact) mass is 290 g/mol. The topological polar surface area (TPSA) is 85.4 Å². The molecule has 0 heterocycles. The largest absolute Gasteiger partial charge is 0.465 e. The van der Waals surface area contributed by atoms with Crippen LogP contribution in [0.3, 0.4) is 0 Å². The van der Waals surface area contributed by atoms with E-state index in [4.69, 9.17) is 14.2 Å². The minimum absolute atomic E-state index is 0.118. The summed E-state index contributed by atoms with van der Waals surface area (Å²) < 4.78 is 14.3. The van der Waals surface area contributed by atoms with Gasteiger partial charge in [-0.2, -0.15) is 0 Å². The van der Waals surface area contributed by atoms with Gasteiger partial charge in [-0.3, -0.25) is 9.59 Å². The summed E-state index contributed by atoms with van der Waals surface area (Å²) in [6.07, 6.45) is -0.625. The first-order chi connectivity index (χ1) is 9.42. The summed E-state index contributed by atoms with van der Waals surface area (Å²) >= 11 is 0. The first-order valence-electron chi connectivity index (χ1n) is 6.18. The second-order valence-corrected chi connectivity index (χ2v) is 4.02. The number of esters is 1. The quantitative estimate of drug-likeness (QED) is 0.451. The molecule has 2 amide bonds. The van der Waals surface area contributed by atoms with Crippen molar-refractivity contribution in [2.75, 3.05) is 54.1 Å². The fraction of sp³-hybridized carbons (Fsp3) is 0.750. The Labute approximate surface area is 118 Å². The third-order valence-electron chi connectivity index (χ3n) is 2.29. The van der Waals surface area contributed by atoms with Crippen LogP contribution in [-0.4, -0.2) is 81.9 Å². The molecule has 0 N–H and O–H groups in total. The zero-order valence-corrected chi connectivity index (χ0v) is 12.4. The number of hydrogen-bond donors (Lipinski definition) is 0. The van der Waals surface area contributed by atoms with E-state index in [1.54, 1.807) is 6.92 Å². The van der Waals surface area contributed by atoms with Gasteiger partial charge in [-0.15, -0.1) is 0 Å². The Balaban J connectivity index is 4.10. The van der Waals surface area contributed by atoms with Crippen molar-refractivity contribution in [1.82, 2.24) is 9.80 Å². The molecule has 0 aromatic heterocycles. The molecular weight excluding hydrogens is 268 g/mol. The number of hydrogen-bond acceptors (Lipinski definition) is 6. The smallest absolute Gasteiger partial charge is 0.410 e. The number of likely N-dealkylation sites (N-methyl/N-ethyl adjacent to an activating group) is 2. The van der Waals surface area contributed by atoms with E-state index in [2.05, 4.69) is 0 Å². The summed E-state index contributed by atoms with van der Waals surface area (Å²) in [6, 6.07) is 0. The Morgan fingerprint density at radius 3 is 2.15 bits per heavy atom. The normalized spacial score (nSPS) is 9.80. The average molecular weight is 290 g/mol. The van der Waals surface area contributed by atoms with Gasteiger partial charge in [0.25, 0.3) is 0 Å². The Morgan fingerprint density at radius 1 is 0.950 bits per heavy atom. The minimum atomic E-state index is -0.625. The van der Waals surface area contributed by atoms with E-state index in [9.17, 15) is 14.4 Å². The summed E-state index contributed by atoms with van der Waals surface area (Å²) in [5, 5.41) is 0. The SMILES string of the molecule is CCOC(=O)CN(C)C(=O)CN(C)C(=O)OCCOC. The Bertz CT molecular complexity index is 334. The second-order valence-electron chi connectivity index (χ2n) is 4.02. The number of methoxy groups -OCH3 is 1. The highest BCUT2D eigenvalue weighted by Gasteiger charge is 2.18. The maximum atomic E-state index is 11.8. The van der Waals surface area contributed by atoms with Gasteiger partial charge in [0.15, 0.2) is 0 Å². The molecule has 0 fully saturated rings. The third kappa shape index (κ3) is 7.57. The molecule has 8 heteroatoms. The van der Waals surface area contributed by atoms with Crippen molar-refractivity contribution < 1.29 is 28.6 Å². The van der Waals surface area contributed by atoms with Gasteiger partial charge in [0.2, 0.25) is 5.91 Å². The van der Waals surface area contributed by atoms with Gasteiger partial charge in [-0.25, -0.2) is 4.79 Å². The van der Waals surface area contributed by atoms with E-state index >= 15 is 0 Å². The van der Waals surface area contributed by atoms with Crippen molar-refractivity contribution in [3.8, 4) is 0 Å². The van der Waals surface area contributed by atoms with Crippen molar-refractivity contribution >= 4 is 18.0 Å². The molecule has 0 saturated carbocycles. The molecule has 0 aromatic carbocycles. The van der Waals surface area contributed by atoms with Gasteiger partial charge in [-0.05, 0) is 6.92 Å². The maximum absolute atomic E-state index is 11.8. The summed E-state index contributed by atoms with van der Waals surface area (Å²) in [4.78, 5) is 36.8. The molecule has 0 spiro atoms. The lowest BCUT2D eigenvalue weighted by molar-refractivity contribution is -0.148. The zero-order chi connectivity index (χ0) is 15.5. The Kier molecular flexibility index (Phi) is 9.10. The van der Waals surface area contributed by atoms with Crippen molar-refractivity contribution in [1.29, 1.82) is 0 Å². The molecule has 0 aliphatic rings. The molecule has 0 unspecified atom stereocenters. The highest BCUT2D eigenvalue weighted by Crippen LogP contribution is 1.94. The fourth-order valence-corrected chi connectivity index (χ4v) is 1.20. The number of amides is 2. The van der Waals surface area contributed by atoms with Crippen molar-refractivity contribution in [3.05, 3.63) is 0 Å². The molecule has 0 aromatic rings. The third-order valence-corrected chi connectivity index (χ3v) is 2.29. The van der Waals surface area contributed by atoms with E-state index in [0.29, 0.717) is 0 Å². The Hall–Kier alpha value is -1.83. The summed E-state index contributed by atoms with van der Waals surface area (Å²) in [5.41, 5.74) is 0. The zero-order valence-electron chi connectivity index (χ0n) is 12.4. The van der Waals surface area contributed by atoms with Crippen LogP contribution in [0.2, 0.25) is 0 Å². The first kappa shape index (κ1) is 18.2. The number of carbonyl (C=O) groups is 3. The molecule has 0 saturated heterocycles. The van der Waals surface area contributed by atoms with E-state index in [1.165, 1.54) is 26.1 Å². The van der Waals surface area contributed by atoms with Gasteiger partial charge in [-0.1, -0.05) is 0 Å². The lowest BCUT2D eigenvalue weighted by atomic mass is 10.4. The van der Waals surface area contributed by atoms with Crippen LogP contribution in [0.4, 0.5) is 4.79 Å². The predicted octanol–water partition coefficient (Wildman–Crippen LogP) is -0.277. The van der Waals surface area contributed by atoms with E-state index in [1.807, 2.05) is 0 Å². The molecule has 8 nitrogen and oxygen atoms in total. The molecule has 0 rings (SSSR count). The average Bonchev–Trinajstić information content (AvgIpc) is 2.38. The fourth-order valence-electron chi connectivity index (χ4n) is 1.20. The van der Waals surface area contributed by atoms with E-state index < -0.39 is 12.1 Å². The maximum Gasteiger partial charge on any atom is 0.410 e. The van der Waals surface area contributed by atoms with Gasteiger partial charge in [0.1, 0.15) is 19.7 Å². The molecule has 116 valence electrons. The van der Waals surface area contributed by atoms with Crippen LogP contribution >= 0.6 is 0 Å². The molecular formula is C12H22N2O6. The number of carbonyl (C=O) groups excluding carboxylic acids is 3. The van der Waals surface area contributed by atoms with Crippen molar-refractivity contribution in [2.45, 2.75) is 6.92 Å². The lowest BCUT2D eigenvalue weighted by Gasteiger charge is -2.21. The summed E-state index contributed by atoms with van der Waals surface area (Å²) in [6.45, 7) is 2.01. The summed E-state index contributed by atoms with van der Waals surface area (Å²) in [7, 11) is 4.39.